The molecular weight excluding hydrogens is 262 g/mol. The second-order valence-electron chi connectivity index (χ2n) is 3.75. The molecule has 1 aliphatic rings. The van der Waals surface area contributed by atoms with Crippen LogP contribution in [0.3, 0.4) is 0 Å². The average Bonchev–Trinajstić information content (AvgIpc) is 2.74. The molecule has 6 nitrogen and oxygen atoms in total. The van der Waals surface area contributed by atoms with Gasteiger partial charge in [-0.2, -0.15) is 0 Å². The van der Waals surface area contributed by atoms with Crippen molar-refractivity contribution in [2.45, 2.75) is 12.6 Å². The minimum atomic E-state index is -0.156. The van der Waals surface area contributed by atoms with E-state index < -0.39 is 0 Å². The fraction of sp³-hybridized carbons (Fsp3) is 0.667. The van der Waals surface area contributed by atoms with E-state index in [1.165, 1.54) is 11.3 Å². The quantitative estimate of drug-likeness (QED) is 0.793. The van der Waals surface area contributed by atoms with Crippen LogP contribution >= 0.6 is 22.9 Å². The molecule has 1 aromatic heterocycles. The van der Waals surface area contributed by atoms with Gasteiger partial charge in [0.05, 0.1) is 6.54 Å². The molecule has 1 aliphatic heterocycles. The summed E-state index contributed by atoms with van der Waals surface area (Å²) in [6, 6.07) is -0.156. The van der Waals surface area contributed by atoms with Crippen molar-refractivity contribution in [2.24, 2.45) is 0 Å². The van der Waals surface area contributed by atoms with E-state index in [1.54, 1.807) is 7.05 Å². The third-order valence-corrected chi connectivity index (χ3v) is 3.69. The zero-order valence-electron chi connectivity index (χ0n) is 9.44. The van der Waals surface area contributed by atoms with Crippen LogP contribution in [-0.2, 0) is 11.3 Å². The SMILES string of the molecule is CNC(=O)C1CNCCN1Cc1nnc(Cl)s1. The van der Waals surface area contributed by atoms with Crippen LogP contribution in [-0.4, -0.2) is 53.7 Å². The molecule has 1 atom stereocenters. The van der Waals surface area contributed by atoms with E-state index >= 15 is 0 Å². The summed E-state index contributed by atoms with van der Waals surface area (Å²) in [5, 5.41) is 14.5. The van der Waals surface area contributed by atoms with E-state index in [4.69, 9.17) is 11.6 Å². The third-order valence-electron chi connectivity index (χ3n) is 2.68. The van der Waals surface area contributed by atoms with Gasteiger partial charge in [0.15, 0.2) is 0 Å². The number of piperazine rings is 1. The number of halogens is 1. The number of carbonyl (C=O) groups is 1. The summed E-state index contributed by atoms with van der Waals surface area (Å²) in [7, 11) is 1.65. The monoisotopic (exact) mass is 275 g/mol. The smallest absolute Gasteiger partial charge is 0.238 e. The van der Waals surface area contributed by atoms with Gasteiger partial charge < -0.3 is 10.6 Å². The van der Waals surface area contributed by atoms with Crippen LogP contribution in [0.5, 0.6) is 0 Å². The van der Waals surface area contributed by atoms with Gasteiger partial charge in [0.25, 0.3) is 0 Å². The predicted molar refractivity (Wildman–Crippen MR) is 66.1 cm³/mol. The fourth-order valence-corrected chi connectivity index (χ4v) is 2.72. The number of hydrogen-bond acceptors (Lipinski definition) is 6. The Morgan fingerprint density at radius 3 is 3.18 bits per heavy atom. The van der Waals surface area contributed by atoms with Gasteiger partial charge in [-0.05, 0) is 11.6 Å². The lowest BCUT2D eigenvalue weighted by Crippen LogP contribution is -2.56. The van der Waals surface area contributed by atoms with Crippen LogP contribution in [0.4, 0.5) is 0 Å². The number of carbonyl (C=O) groups excluding carboxylic acids is 1. The Kier molecular flexibility index (Phi) is 4.27. The molecule has 1 aromatic rings. The maximum Gasteiger partial charge on any atom is 0.238 e. The van der Waals surface area contributed by atoms with Gasteiger partial charge in [0.2, 0.25) is 10.4 Å². The highest BCUT2D eigenvalue weighted by Gasteiger charge is 2.28. The Morgan fingerprint density at radius 2 is 2.53 bits per heavy atom. The number of nitrogens with one attached hydrogen (secondary N) is 2. The molecule has 1 saturated heterocycles. The predicted octanol–water partition coefficient (Wildman–Crippen LogP) is -0.289. The molecule has 0 aliphatic carbocycles. The van der Waals surface area contributed by atoms with Gasteiger partial charge in [-0.3, -0.25) is 9.69 Å². The van der Waals surface area contributed by atoms with Crippen molar-refractivity contribution in [3.63, 3.8) is 0 Å². The summed E-state index contributed by atoms with van der Waals surface area (Å²) in [5.41, 5.74) is 0. The molecule has 0 aromatic carbocycles. The molecule has 1 amide bonds. The van der Waals surface area contributed by atoms with Crippen molar-refractivity contribution >= 4 is 28.8 Å². The van der Waals surface area contributed by atoms with E-state index in [0.29, 0.717) is 17.6 Å². The Balaban J connectivity index is 2.03. The summed E-state index contributed by atoms with van der Waals surface area (Å²) < 4.78 is 0.437. The van der Waals surface area contributed by atoms with E-state index in [-0.39, 0.29) is 11.9 Å². The first-order chi connectivity index (χ1) is 8.20. The number of hydrogen-bond donors (Lipinski definition) is 2. The van der Waals surface area contributed by atoms with Crippen LogP contribution < -0.4 is 10.6 Å². The summed E-state index contributed by atoms with van der Waals surface area (Å²) in [6.07, 6.45) is 0. The lowest BCUT2D eigenvalue weighted by Gasteiger charge is -2.34. The maximum atomic E-state index is 11.7. The van der Waals surface area contributed by atoms with Gasteiger partial charge in [-0.15, -0.1) is 10.2 Å². The van der Waals surface area contributed by atoms with Crippen LogP contribution in [0.15, 0.2) is 0 Å². The second kappa shape index (κ2) is 5.72. The minimum absolute atomic E-state index is 0.0211. The number of aromatic nitrogens is 2. The zero-order chi connectivity index (χ0) is 12.3. The fourth-order valence-electron chi connectivity index (χ4n) is 1.83. The summed E-state index contributed by atoms with van der Waals surface area (Å²) in [4.78, 5) is 13.8. The molecule has 1 fully saturated rings. The maximum absolute atomic E-state index is 11.7. The first kappa shape index (κ1) is 12.7. The Bertz CT molecular complexity index is 398. The van der Waals surface area contributed by atoms with Gasteiger partial charge >= 0.3 is 0 Å². The van der Waals surface area contributed by atoms with E-state index in [2.05, 4.69) is 25.7 Å². The van der Waals surface area contributed by atoms with Crippen molar-refractivity contribution < 1.29 is 4.79 Å². The van der Waals surface area contributed by atoms with Crippen molar-refractivity contribution in [2.75, 3.05) is 26.7 Å². The number of nitrogens with zero attached hydrogens (tertiary/aromatic N) is 3. The topological polar surface area (TPSA) is 70.2 Å². The lowest BCUT2D eigenvalue weighted by atomic mass is 10.2. The van der Waals surface area contributed by atoms with Crippen molar-refractivity contribution in [3.05, 3.63) is 9.47 Å². The molecule has 0 radical (unpaired) electrons. The Labute approximate surface area is 108 Å². The summed E-state index contributed by atoms with van der Waals surface area (Å²) >= 11 is 7.09. The molecule has 2 heterocycles. The molecule has 1 unspecified atom stereocenters. The van der Waals surface area contributed by atoms with Crippen molar-refractivity contribution in [1.29, 1.82) is 0 Å². The van der Waals surface area contributed by atoms with Crippen LogP contribution in [0, 0.1) is 0 Å². The van der Waals surface area contributed by atoms with Gasteiger partial charge in [0.1, 0.15) is 11.0 Å². The largest absolute Gasteiger partial charge is 0.358 e. The summed E-state index contributed by atoms with van der Waals surface area (Å²) in [5.74, 6) is 0.0211. The Hall–Kier alpha value is -0.760. The molecule has 2 rings (SSSR count). The highest BCUT2D eigenvalue weighted by Crippen LogP contribution is 2.18. The minimum Gasteiger partial charge on any atom is -0.358 e. The highest BCUT2D eigenvalue weighted by molar-refractivity contribution is 7.15. The first-order valence-electron chi connectivity index (χ1n) is 5.35. The molecule has 0 spiro atoms. The first-order valence-corrected chi connectivity index (χ1v) is 6.54. The number of amides is 1. The van der Waals surface area contributed by atoms with E-state index in [0.717, 1.165) is 18.1 Å². The molecule has 94 valence electrons. The van der Waals surface area contributed by atoms with Gasteiger partial charge in [-0.1, -0.05) is 11.3 Å². The third kappa shape index (κ3) is 3.12. The number of likely N-dealkylation sites (N-methyl/N-ethyl adjacent to an activating group) is 1. The zero-order valence-corrected chi connectivity index (χ0v) is 11.0. The molecule has 17 heavy (non-hydrogen) atoms. The number of rotatable bonds is 3. The molecule has 8 heteroatoms. The van der Waals surface area contributed by atoms with Crippen molar-refractivity contribution in [3.8, 4) is 0 Å². The normalized spacial score (nSPS) is 21.4. The van der Waals surface area contributed by atoms with E-state index in [1.807, 2.05) is 0 Å². The van der Waals surface area contributed by atoms with Gasteiger partial charge in [-0.25, -0.2) is 0 Å². The highest BCUT2D eigenvalue weighted by atomic mass is 35.5. The van der Waals surface area contributed by atoms with Gasteiger partial charge in [0, 0.05) is 26.7 Å². The molecule has 2 N–H and O–H groups in total. The van der Waals surface area contributed by atoms with Crippen molar-refractivity contribution in [1.82, 2.24) is 25.7 Å². The molecular formula is C9H14ClN5OS. The average molecular weight is 276 g/mol. The van der Waals surface area contributed by atoms with E-state index in [9.17, 15) is 4.79 Å². The standard InChI is InChI=1S/C9H14ClN5OS/c1-11-8(16)6-4-12-2-3-15(6)5-7-13-14-9(10)17-7/h6,12H,2-5H2,1H3,(H,11,16). The summed E-state index contributed by atoms with van der Waals surface area (Å²) in [6.45, 7) is 2.96. The molecule has 0 saturated carbocycles. The molecule has 0 bridgehead atoms. The lowest BCUT2D eigenvalue weighted by molar-refractivity contribution is -0.126. The van der Waals surface area contributed by atoms with Crippen LogP contribution in [0.2, 0.25) is 4.47 Å². The van der Waals surface area contributed by atoms with Crippen LogP contribution in [0.1, 0.15) is 5.01 Å². The Morgan fingerprint density at radius 1 is 1.71 bits per heavy atom. The van der Waals surface area contributed by atoms with Crippen LogP contribution in [0.25, 0.3) is 0 Å². The second-order valence-corrected chi connectivity index (χ2v) is 5.40.